The van der Waals surface area contributed by atoms with E-state index >= 15 is 0 Å². The van der Waals surface area contributed by atoms with E-state index < -0.39 is 11.6 Å². The van der Waals surface area contributed by atoms with Crippen LogP contribution >= 0.6 is 11.3 Å². The van der Waals surface area contributed by atoms with Gasteiger partial charge in [-0.3, -0.25) is 0 Å². The van der Waals surface area contributed by atoms with Gasteiger partial charge in [0.05, 0.1) is 5.01 Å². The van der Waals surface area contributed by atoms with E-state index in [1.54, 1.807) is 23.5 Å². The molecule has 0 bridgehead atoms. The Morgan fingerprint density at radius 3 is 2.80 bits per heavy atom. The highest BCUT2D eigenvalue weighted by Crippen LogP contribution is 2.24. The number of rotatable bonds is 6. The van der Waals surface area contributed by atoms with E-state index in [1.165, 1.54) is 0 Å². The Morgan fingerprint density at radius 2 is 2.15 bits per heavy atom. The minimum atomic E-state index is -0.805. The summed E-state index contributed by atoms with van der Waals surface area (Å²) in [6, 6.07) is 4.06. The van der Waals surface area contributed by atoms with Crippen molar-refractivity contribution in [2.75, 3.05) is 6.54 Å². The second kappa shape index (κ2) is 6.90. The zero-order chi connectivity index (χ0) is 14.5. The highest BCUT2D eigenvalue weighted by atomic mass is 32.1. The average Bonchev–Trinajstić information content (AvgIpc) is 2.83. The van der Waals surface area contributed by atoms with Crippen LogP contribution < -0.4 is 5.32 Å². The molecule has 1 atom stereocenters. The van der Waals surface area contributed by atoms with Gasteiger partial charge in [0.25, 0.3) is 0 Å². The van der Waals surface area contributed by atoms with Crippen LogP contribution in [0.1, 0.15) is 35.7 Å². The van der Waals surface area contributed by atoms with Gasteiger partial charge in [0.2, 0.25) is 0 Å². The fourth-order valence-electron chi connectivity index (χ4n) is 2.07. The molecule has 1 aromatic carbocycles. The molecule has 0 saturated heterocycles. The first-order chi connectivity index (χ1) is 9.61. The molecule has 2 nitrogen and oxygen atoms in total. The largest absolute Gasteiger partial charge is 0.309 e. The lowest BCUT2D eigenvalue weighted by atomic mass is 10.0. The Labute approximate surface area is 121 Å². The number of hydrogen-bond donors (Lipinski definition) is 1. The van der Waals surface area contributed by atoms with Crippen LogP contribution in [0.25, 0.3) is 0 Å². The van der Waals surface area contributed by atoms with Gasteiger partial charge >= 0.3 is 0 Å². The lowest BCUT2D eigenvalue weighted by Crippen LogP contribution is -2.25. The Hall–Kier alpha value is -1.33. The average molecular weight is 296 g/mol. The third-order valence-electron chi connectivity index (χ3n) is 3.04. The number of benzene rings is 1. The third kappa shape index (κ3) is 3.61. The predicted molar refractivity (Wildman–Crippen MR) is 77.9 cm³/mol. The summed E-state index contributed by atoms with van der Waals surface area (Å²) in [6.45, 7) is 4.72. The van der Waals surface area contributed by atoms with E-state index in [0.29, 0.717) is 12.0 Å². The van der Waals surface area contributed by atoms with Crippen molar-refractivity contribution in [1.29, 1.82) is 0 Å². The molecule has 0 radical (unpaired) electrons. The number of nitrogens with zero attached hydrogens (tertiary/aromatic N) is 1. The van der Waals surface area contributed by atoms with Crippen LogP contribution in [0, 0.1) is 18.6 Å². The highest BCUT2D eigenvalue weighted by molar-refractivity contribution is 7.09. The first kappa shape index (κ1) is 15.1. The van der Waals surface area contributed by atoms with E-state index in [9.17, 15) is 8.78 Å². The Kier molecular flexibility index (Phi) is 5.20. The van der Waals surface area contributed by atoms with E-state index in [1.807, 2.05) is 19.2 Å². The molecule has 0 amide bonds. The van der Waals surface area contributed by atoms with Gasteiger partial charge < -0.3 is 5.32 Å². The Morgan fingerprint density at radius 1 is 1.35 bits per heavy atom. The SMILES string of the molecule is CCCNC(Cc1nc(C)cs1)c1cccc(F)c1F. The number of halogens is 2. The molecule has 1 heterocycles. The molecule has 0 aliphatic rings. The van der Waals surface area contributed by atoms with Crippen molar-refractivity contribution in [3.8, 4) is 0 Å². The normalized spacial score (nSPS) is 12.6. The van der Waals surface area contributed by atoms with Crippen LogP contribution in [0.4, 0.5) is 8.78 Å². The molecule has 0 aliphatic heterocycles. The maximum Gasteiger partial charge on any atom is 0.163 e. The minimum Gasteiger partial charge on any atom is -0.309 e. The molecular weight excluding hydrogens is 278 g/mol. The van der Waals surface area contributed by atoms with Crippen LogP contribution in [0.2, 0.25) is 0 Å². The molecule has 1 aromatic heterocycles. The Balaban J connectivity index is 2.24. The van der Waals surface area contributed by atoms with Crippen LogP contribution in [0.3, 0.4) is 0 Å². The summed E-state index contributed by atoms with van der Waals surface area (Å²) in [7, 11) is 0. The van der Waals surface area contributed by atoms with Crippen molar-refractivity contribution in [2.45, 2.75) is 32.7 Å². The summed E-state index contributed by atoms with van der Waals surface area (Å²) in [4.78, 5) is 4.40. The molecule has 20 heavy (non-hydrogen) atoms. The zero-order valence-electron chi connectivity index (χ0n) is 11.6. The number of aromatic nitrogens is 1. The van der Waals surface area contributed by atoms with E-state index in [-0.39, 0.29) is 6.04 Å². The summed E-state index contributed by atoms with van der Waals surface area (Å²) in [6.07, 6.45) is 1.50. The van der Waals surface area contributed by atoms with Crippen LogP contribution in [0.5, 0.6) is 0 Å². The fraction of sp³-hybridized carbons (Fsp3) is 0.400. The molecule has 1 unspecified atom stereocenters. The second-order valence-electron chi connectivity index (χ2n) is 4.74. The summed E-state index contributed by atoms with van der Waals surface area (Å²) in [5.74, 6) is -1.57. The second-order valence-corrected chi connectivity index (χ2v) is 5.68. The molecule has 5 heteroatoms. The van der Waals surface area contributed by atoms with Crippen molar-refractivity contribution in [3.63, 3.8) is 0 Å². The van der Waals surface area contributed by atoms with Gasteiger partial charge in [0, 0.05) is 29.1 Å². The molecule has 0 saturated carbocycles. The van der Waals surface area contributed by atoms with Gasteiger partial charge in [-0.15, -0.1) is 11.3 Å². The van der Waals surface area contributed by atoms with Gasteiger partial charge in [-0.2, -0.15) is 0 Å². The van der Waals surface area contributed by atoms with Gasteiger partial charge in [-0.05, 0) is 26.0 Å². The van der Waals surface area contributed by atoms with Gasteiger partial charge in [-0.25, -0.2) is 13.8 Å². The first-order valence-electron chi connectivity index (χ1n) is 6.70. The van der Waals surface area contributed by atoms with Crippen molar-refractivity contribution < 1.29 is 8.78 Å². The molecule has 2 rings (SSSR count). The maximum atomic E-state index is 14.0. The maximum absolute atomic E-state index is 14.0. The van der Waals surface area contributed by atoms with Gasteiger partial charge in [-0.1, -0.05) is 19.1 Å². The molecule has 108 valence electrons. The lowest BCUT2D eigenvalue weighted by molar-refractivity contribution is 0.459. The smallest absolute Gasteiger partial charge is 0.163 e. The van der Waals surface area contributed by atoms with E-state index in [2.05, 4.69) is 10.3 Å². The number of thiazole rings is 1. The third-order valence-corrected chi connectivity index (χ3v) is 4.03. The molecule has 0 fully saturated rings. The fourth-order valence-corrected chi connectivity index (χ4v) is 2.89. The monoisotopic (exact) mass is 296 g/mol. The summed E-state index contributed by atoms with van der Waals surface area (Å²) in [5.41, 5.74) is 1.32. The van der Waals surface area contributed by atoms with Crippen molar-refractivity contribution in [3.05, 3.63) is 51.5 Å². The Bertz CT molecular complexity index is 569. The van der Waals surface area contributed by atoms with E-state index in [4.69, 9.17) is 0 Å². The zero-order valence-corrected chi connectivity index (χ0v) is 12.4. The van der Waals surface area contributed by atoms with Crippen LogP contribution in [-0.4, -0.2) is 11.5 Å². The van der Waals surface area contributed by atoms with Crippen LogP contribution in [-0.2, 0) is 6.42 Å². The molecule has 1 N–H and O–H groups in total. The number of hydrogen-bond acceptors (Lipinski definition) is 3. The molecule has 2 aromatic rings. The van der Waals surface area contributed by atoms with E-state index in [0.717, 1.165) is 29.7 Å². The number of nitrogens with one attached hydrogen (secondary N) is 1. The van der Waals surface area contributed by atoms with Crippen molar-refractivity contribution in [2.24, 2.45) is 0 Å². The van der Waals surface area contributed by atoms with Crippen molar-refractivity contribution >= 4 is 11.3 Å². The lowest BCUT2D eigenvalue weighted by Gasteiger charge is -2.18. The molecule has 0 aliphatic carbocycles. The summed E-state index contributed by atoms with van der Waals surface area (Å²) in [5, 5.41) is 6.17. The topological polar surface area (TPSA) is 24.9 Å². The van der Waals surface area contributed by atoms with Gasteiger partial charge in [0.15, 0.2) is 11.6 Å². The van der Waals surface area contributed by atoms with Crippen molar-refractivity contribution in [1.82, 2.24) is 10.3 Å². The first-order valence-corrected chi connectivity index (χ1v) is 7.58. The standard InChI is InChI=1S/C15H18F2N2S/c1-3-7-18-13(8-14-19-10(2)9-20-14)11-5-4-6-12(16)15(11)17/h4-6,9,13,18H,3,7-8H2,1-2H3. The summed E-state index contributed by atoms with van der Waals surface area (Å²) >= 11 is 1.55. The molecule has 0 spiro atoms. The quantitative estimate of drug-likeness (QED) is 0.871. The highest BCUT2D eigenvalue weighted by Gasteiger charge is 2.19. The molecular formula is C15H18F2N2S. The summed E-state index contributed by atoms with van der Waals surface area (Å²) < 4.78 is 27.3. The minimum absolute atomic E-state index is 0.254. The predicted octanol–water partition coefficient (Wildman–Crippen LogP) is 4.01. The van der Waals surface area contributed by atoms with Crippen LogP contribution in [0.15, 0.2) is 23.6 Å². The number of aryl methyl sites for hydroxylation is 1. The van der Waals surface area contributed by atoms with Gasteiger partial charge in [0.1, 0.15) is 0 Å².